The van der Waals surface area contributed by atoms with Gasteiger partial charge in [0.2, 0.25) is 0 Å². The first kappa shape index (κ1) is 22.5. The van der Waals surface area contributed by atoms with Gasteiger partial charge >= 0.3 is 11.9 Å². The Kier molecular flexibility index (Phi) is 8.05. The highest BCUT2D eigenvalue weighted by Gasteiger charge is 2.18. The molecule has 0 aromatic heterocycles. The van der Waals surface area contributed by atoms with Crippen molar-refractivity contribution in [2.75, 3.05) is 28.4 Å². The summed E-state index contributed by atoms with van der Waals surface area (Å²) in [7, 11) is 5.78. The molecule has 0 fully saturated rings. The fourth-order valence-corrected chi connectivity index (χ4v) is 2.73. The topological polar surface area (TPSA) is 80.3 Å². The minimum absolute atomic E-state index is 0.234. The molecule has 0 aliphatic heterocycles. The summed E-state index contributed by atoms with van der Waals surface area (Å²) in [6.45, 7) is 3.73. The highest BCUT2D eigenvalue weighted by atomic mass is 16.6. The van der Waals surface area contributed by atoms with E-state index >= 15 is 0 Å². The molecule has 0 spiro atoms. The van der Waals surface area contributed by atoms with Gasteiger partial charge in [0.05, 0.1) is 34.0 Å². The highest BCUT2D eigenvalue weighted by Crippen LogP contribution is 2.34. The van der Waals surface area contributed by atoms with Crippen molar-refractivity contribution in [2.45, 2.75) is 6.42 Å². The van der Waals surface area contributed by atoms with E-state index in [0.717, 1.165) is 5.56 Å². The normalized spacial score (nSPS) is 10.4. The summed E-state index contributed by atoms with van der Waals surface area (Å²) >= 11 is 0. The lowest BCUT2D eigenvalue weighted by Crippen LogP contribution is -2.11. The summed E-state index contributed by atoms with van der Waals surface area (Å²) in [6, 6.07) is 8.13. The van der Waals surface area contributed by atoms with Gasteiger partial charge < -0.3 is 23.7 Å². The number of carbonyl (C=O) groups is 2. The van der Waals surface area contributed by atoms with Gasteiger partial charge in [0.1, 0.15) is 0 Å². The van der Waals surface area contributed by atoms with Crippen LogP contribution >= 0.6 is 0 Å². The molecule has 0 N–H and O–H groups in total. The quantitative estimate of drug-likeness (QED) is 0.268. The Balaban J connectivity index is 2.33. The predicted molar refractivity (Wildman–Crippen MR) is 112 cm³/mol. The lowest BCUT2D eigenvalue weighted by Gasteiger charge is -2.15. The molecule has 0 saturated carbocycles. The van der Waals surface area contributed by atoms with Gasteiger partial charge in [0.15, 0.2) is 23.0 Å². The maximum atomic E-state index is 12.8. The molecule has 30 heavy (non-hydrogen) atoms. The van der Waals surface area contributed by atoms with Crippen LogP contribution in [0.25, 0.3) is 6.08 Å². The van der Waals surface area contributed by atoms with Crippen molar-refractivity contribution >= 4 is 18.0 Å². The number of hydrogen-bond donors (Lipinski definition) is 0. The molecule has 158 valence electrons. The summed E-state index contributed by atoms with van der Waals surface area (Å²) in [5.41, 5.74) is 1.71. The van der Waals surface area contributed by atoms with Gasteiger partial charge in [-0.3, -0.25) is 0 Å². The largest absolute Gasteiger partial charge is 0.493 e. The van der Waals surface area contributed by atoms with Crippen LogP contribution in [0.2, 0.25) is 0 Å². The number of carbonyl (C=O) groups excluding carboxylic acids is 2. The third-order valence-electron chi connectivity index (χ3n) is 4.16. The number of allylic oxidation sites excluding steroid dienone is 1. The Morgan fingerprint density at radius 2 is 1.67 bits per heavy atom. The molecule has 0 amide bonds. The maximum absolute atomic E-state index is 12.8. The zero-order chi connectivity index (χ0) is 22.1. The average Bonchev–Trinajstić information content (AvgIpc) is 2.77. The van der Waals surface area contributed by atoms with E-state index in [9.17, 15) is 9.59 Å². The molecule has 0 radical (unpaired) electrons. The van der Waals surface area contributed by atoms with E-state index in [1.807, 2.05) is 0 Å². The lowest BCUT2D eigenvalue weighted by molar-refractivity contribution is -0.134. The number of benzene rings is 2. The molecule has 0 atom stereocenters. The molecule has 0 heterocycles. The fourth-order valence-electron chi connectivity index (χ4n) is 2.73. The van der Waals surface area contributed by atoms with Crippen LogP contribution in [0.4, 0.5) is 0 Å². The molecule has 2 aromatic carbocycles. The Morgan fingerprint density at radius 3 is 2.27 bits per heavy atom. The highest BCUT2D eigenvalue weighted by molar-refractivity contribution is 5.93. The van der Waals surface area contributed by atoms with Gasteiger partial charge in [0, 0.05) is 11.6 Å². The van der Waals surface area contributed by atoms with Crippen molar-refractivity contribution in [1.82, 2.24) is 0 Å². The first-order valence-electron chi connectivity index (χ1n) is 8.99. The summed E-state index contributed by atoms with van der Waals surface area (Å²) in [4.78, 5) is 24.0. The van der Waals surface area contributed by atoms with Crippen LogP contribution in [0.1, 0.15) is 21.5 Å². The van der Waals surface area contributed by atoms with Crippen molar-refractivity contribution < 1.29 is 33.3 Å². The van der Waals surface area contributed by atoms with Crippen LogP contribution in [0.3, 0.4) is 0 Å². The van der Waals surface area contributed by atoms with Gasteiger partial charge in [-0.05, 0) is 42.3 Å². The summed E-state index contributed by atoms with van der Waals surface area (Å²) in [6.07, 6.45) is 5.04. The Labute approximate surface area is 175 Å². The molecule has 0 bridgehead atoms. The summed E-state index contributed by atoms with van der Waals surface area (Å²) in [5.74, 6) is 0.456. The third-order valence-corrected chi connectivity index (χ3v) is 4.16. The average molecular weight is 412 g/mol. The Hall–Kier alpha value is -3.74. The van der Waals surface area contributed by atoms with E-state index < -0.39 is 11.9 Å². The second-order valence-electron chi connectivity index (χ2n) is 6.02. The SMILES string of the molecule is C=CCc1cc(C(=O)Oc2ccc(/C=C/C(=O)OC)cc2OC)cc(OC)c1OC. The smallest absolute Gasteiger partial charge is 0.343 e. The third kappa shape index (κ3) is 5.41. The Bertz CT molecular complexity index is 960. The summed E-state index contributed by atoms with van der Waals surface area (Å²) in [5, 5.41) is 0. The van der Waals surface area contributed by atoms with Gasteiger partial charge in [-0.2, -0.15) is 0 Å². The molecule has 0 saturated heterocycles. The lowest BCUT2D eigenvalue weighted by atomic mass is 10.1. The molecular formula is C23H24O7. The van der Waals surface area contributed by atoms with Crippen molar-refractivity contribution in [1.29, 1.82) is 0 Å². The molecule has 0 aliphatic carbocycles. The maximum Gasteiger partial charge on any atom is 0.343 e. The second-order valence-corrected chi connectivity index (χ2v) is 6.02. The molecule has 7 heteroatoms. The van der Waals surface area contributed by atoms with Crippen LogP contribution in [0, 0.1) is 0 Å². The monoisotopic (exact) mass is 412 g/mol. The Morgan fingerprint density at radius 1 is 0.933 bits per heavy atom. The molecule has 2 aromatic rings. The van der Waals surface area contributed by atoms with Crippen LogP contribution in [0.15, 0.2) is 49.1 Å². The van der Waals surface area contributed by atoms with Gasteiger partial charge in [-0.25, -0.2) is 9.59 Å². The van der Waals surface area contributed by atoms with E-state index in [-0.39, 0.29) is 5.75 Å². The van der Waals surface area contributed by atoms with Crippen molar-refractivity contribution in [3.8, 4) is 23.0 Å². The minimum Gasteiger partial charge on any atom is -0.493 e. The molecule has 0 unspecified atom stereocenters. The van der Waals surface area contributed by atoms with Crippen LogP contribution in [-0.2, 0) is 16.0 Å². The van der Waals surface area contributed by atoms with E-state index in [2.05, 4.69) is 11.3 Å². The van der Waals surface area contributed by atoms with E-state index in [4.69, 9.17) is 18.9 Å². The number of hydrogen-bond acceptors (Lipinski definition) is 7. The van der Waals surface area contributed by atoms with Crippen molar-refractivity contribution in [3.05, 3.63) is 65.8 Å². The number of rotatable bonds is 9. The van der Waals surface area contributed by atoms with Crippen LogP contribution in [-0.4, -0.2) is 40.4 Å². The first-order chi connectivity index (χ1) is 14.5. The van der Waals surface area contributed by atoms with Gasteiger partial charge in [0.25, 0.3) is 0 Å². The number of esters is 2. The van der Waals surface area contributed by atoms with E-state index in [1.165, 1.54) is 34.5 Å². The molecule has 2 rings (SSSR count). The fraction of sp³-hybridized carbons (Fsp3) is 0.217. The summed E-state index contributed by atoms with van der Waals surface area (Å²) < 4.78 is 26.1. The standard InChI is InChI=1S/C23H24O7/c1-6-7-16-13-17(14-20(27-3)22(16)29-5)23(25)30-18-10-8-15(12-19(18)26-2)9-11-21(24)28-4/h6,8-14H,1,7H2,2-5H3/b11-9+. The van der Waals surface area contributed by atoms with Crippen molar-refractivity contribution in [3.63, 3.8) is 0 Å². The van der Waals surface area contributed by atoms with Gasteiger partial charge in [-0.15, -0.1) is 6.58 Å². The predicted octanol–water partition coefficient (Wildman–Crippen LogP) is 3.85. The van der Waals surface area contributed by atoms with Crippen molar-refractivity contribution in [2.24, 2.45) is 0 Å². The zero-order valence-electron chi connectivity index (χ0n) is 17.4. The first-order valence-corrected chi connectivity index (χ1v) is 8.99. The molecule has 0 aliphatic rings. The molecule has 7 nitrogen and oxygen atoms in total. The number of ether oxygens (including phenoxy) is 5. The molecular weight excluding hydrogens is 388 g/mol. The van der Waals surface area contributed by atoms with Crippen LogP contribution in [0.5, 0.6) is 23.0 Å². The van der Waals surface area contributed by atoms with E-state index in [0.29, 0.717) is 34.8 Å². The minimum atomic E-state index is -0.586. The second kappa shape index (κ2) is 10.7. The van der Waals surface area contributed by atoms with Gasteiger partial charge in [-0.1, -0.05) is 12.1 Å². The van der Waals surface area contributed by atoms with Crippen LogP contribution < -0.4 is 18.9 Å². The van der Waals surface area contributed by atoms with E-state index in [1.54, 1.807) is 42.5 Å². The number of methoxy groups -OCH3 is 4. The zero-order valence-corrected chi connectivity index (χ0v) is 17.4.